The molecule has 31 heavy (non-hydrogen) atoms. The number of carbonyl (C=O) groups excluding carboxylic acids is 1. The van der Waals surface area contributed by atoms with Crippen molar-refractivity contribution in [1.29, 1.82) is 5.26 Å². The second kappa shape index (κ2) is 9.21. The van der Waals surface area contributed by atoms with Crippen molar-refractivity contribution in [1.82, 2.24) is 14.8 Å². The standard InChI is InChI=1S/C22H28N6OS2/c23-13-17-16-7-3-1-4-8-18(16)31-20(17)24-19(29)14-30-22-26-25-21(28(22)15-9-10-15)27-11-5-2-6-12-27/h15H,1-12,14H2,(H,24,29). The van der Waals surface area contributed by atoms with Gasteiger partial charge in [-0.1, -0.05) is 18.2 Å². The zero-order valence-corrected chi connectivity index (χ0v) is 19.4. The number of carbonyl (C=O) groups is 1. The molecule has 164 valence electrons. The van der Waals surface area contributed by atoms with E-state index in [4.69, 9.17) is 0 Å². The fourth-order valence-corrected chi connectivity index (χ4v) is 6.63. The molecule has 0 unspecified atom stereocenters. The number of piperidine rings is 1. The lowest BCUT2D eigenvalue weighted by atomic mass is 10.1. The van der Waals surface area contributed by atoms with Gasteiger partial charge in [0.2, 0.25) is 11.9 Å². The van der Waals surface area contributed by atoms with E-state index in [1.807, 2.05) is 0 Å². The Balaban J connectivity index is 1.26. The summed E-state index contributed by atoms with van der Waals surface area (Å²) in [4.78, 5) is 16.4. The van der Waals surface area contributed by atoms with Crippen LogP contribution in [0.3, 0.4) is 0 Å². The number of nitriles is 1. The highest BCUT2D eigenvalue weighted by molar-refractivity contribution is 7.99. The van der Waals surface area contributed by atoms with Gasteiger partial charge in [-0.3, -0.25) is 9.36 Å². The second-order valence-corrected chi connectivity index (χ2v) is 10.7. The first-order valence-corrected chi connectivity index (χ1v) is 13.2. The van der Waals surface area contributed by atoms with E-state index in [1.165, 1.54) is 42.3 Å². The quantitative estimate of drug-likeness (QED) is 0.507. The van der Waals surface area contributed by atoms with Gasteiger partial charge in [-0.2, -0.15) is 5.26 Å². The summed E-state index contributed by atoms with van der Waals surface area (Å²) in [6.07, 6.45) is 11.5. The molecule has 0 aromatic carbocycles. The minimum absolute atomic E-state index is 0.0808. The number of aryl methyl sites for hydroxylation is 1. The maximum Gasteiger partial charge on any atom is 0.235 e. The zero-order valence-electron chi connectivity index (χ0n) is 17.7. The fraction of sp³-hybridized carbons (Fsp3) is 0.636. The van der Waals surface area contributed by atoms with Gasteiger partial charge in [0.15, 0.2) is 5.16 Å². The normalized spacial score (nSPS) is 18.9. The van der Waals surface area contributed by atoms with Crippen molar-refractivity contribution in [3.05, 3.63) is 16.0 Å². The number of thiophene rings is 1. The monoisotopic (exact) mass is 456 g/mol. The van der Waals surface area contributed by atoms with Crippen molar-refractivity contribution in [3.8, 4) is 6.07 Å². The Kier molecular flexibility index (Phi) is 6.19. The first kappa shape index (κ1) is 20.8. The van der Waals surface area contributed by atoms with E-state index >= 15 is 0 Å². The number of fused-ring (bicyclic) bond motifs is 1. The molecule has 1 aliphatic heterocycles. The SMILES string of the molecule is N#Cc1c(NC(=O)CSc2nnc(N3CCCCC3)n2C2CC2)sc2c1CCCCC2. The van der Waals surface area contributed by atoms with Crippen LogP contribution < -0.4 is 10.2 Å². The predicted molar refractivity (Wildman–Crippen MR) is 124 cm³/mol. The minimum Gasteiger partial charge on any atom is -0.341 e. The van der Waals surface area contributed by atoms with Crippen molar-refractivity contribution in [3.63, 3.8) is 0 Å². The molecule has 0 radical (unpaired) electrons. The lowest BCUT2D eigenvalue weighted by Crippen LogP contribution is -2.32. The number of amides is 1. The molecule has 7 nitrogen and oxygen atoms in total. The molecular formula is C22H28N6OS2. The summed E-state index contributed by atoms with van der Waals surface area (Å²) in [6, 6.07) is 2.81. The van der Waals surface area contributed by atoms with Crippen LogP contribution in [-0.4, -0.2) is 39.5 Å². The highest BCUT2D eigenvalue weighted by atomic mass is 32.2. The molecule has 1 saturated carbocycles. The smallest absolute Gasteiger partial charge is 0.235 e. The van der Waals surface area contributed by atoms with Crippen molar-refractivity contribution in [2.75, 3.05) is 29.1 Å². The summed E-state index contributed by atoms with van der Waals surface area (Å²) in [6.45, 7) is 2.08. The highest BCUT2D eigenvalue weighted by Crippen LogP contribution is 2.41. The third kappa shape index (κ3) is 4.46. The van der Waals surface area contributed by atoms with Crippen LogP contribution in [0.4, 0.5) is 10.9 Å². The Bertz CT molecular complexity index is 997. The number of aromatic nitrogens is 3. The first-order valence-electron chi connectivity index (χ1n) is 11.4. The lowest BCUT2D eigenvalue weighted by Gasteiger charge is -2.27. The van der Waals surface area contributed by atoms with Crippen molar-refractivity contribution in [2.24, 2.45) is 0 Å². The van der Waals surface area contributed by atoms with Gasteiger partial charge in [0, 0.05) is 24.0 Å². The third-order valence-corrected chi connectivity index (χ3v) is 8.47. The van der Waals surface area contributed by atoms with Crippen LogP contribution in [0.15, 0.2) is 5.16 Å². The molecule has 2 aromatic heterocycles. The Hall–Kier alpha value is -2.05. The molecule has 2 aromatic rings. The fourth-order valence-electron chi connectivity index (χ4n) is 4.57. The van der Waals surface area contributed by atoms with Crippen LogP contribution >= 0.6 is 23.1 Å². The van der Waals surface area contributed by atoms with Crippen molar-refractivity contribution in [2.45, 2.75) is 75.4 Å². The molecule has 3 aliphatic rings. The Morgan fingerprint density at radius 1 is 1.13 bits per heavy atom. The average molecular weight is 457 g/mol. The molecular weight excluding hydrogens is 428 g/mol. The highest BCUT2D eigenvalue weighted by Gasteiger charge is 2.32. The van der Waals surface area contributed by atoms with Gasteiger partial charge < -0.3 is 10.2 Å². The molecule has 0 bridgehead atoms. The molecule has 1 saturated heterocycles. The Labute approximate surface area is 191 Å². The molecule has 1 amide bonds. The molecule has 0 atom stereocenters. The van der Waals surface area contributed by atoms with Crippen LogP contribution in [0.1, 0.15) is 73.4 Å². The average Bonchev–Trinajstić information content (AvgIpc) is 3.51. The van der Waals surface area contributed by atoms with Gasteiger partial charge in [-0.05, 0) is 63.4 Å². The summed E-state index contributed by atoms with van der Waals surface area (Å²) in [7, 11) is 0. The number of thioether (sulfide) groups is 1. The number of rotatable bonds is 6. The summed E-state index contributed by atoms with van der Waals surface area (Å²) < 4.78 is 2.25. The summed E-state index contributed by atoms with van der Waals surface area (Å²) >= 11 is 3.04. The van der Waals surface area contributed by atoms with Crippen LogP contribution in [0.25, 0.3) is 0 Å². The van der Waals surface area contributed by atoms with E-state index in [2.05, 4.69) is 31.1 Å². The summed E-state index contributed by atoms with van der Waals surface area (Å²) in [5, 5.41) is 23.2. The van der Waals surface area contributed by atoms with Gasteiger partial charge in [-0.15, -0.1) is 21.5 Å². The molecule has 3 heterocycles. The largest absolute Gasteiger partial charge is 0.341 e. The molecule has 1 N–H and O–H groups in total. The van der Waals surface area contributed by atoms with E-state index in [-0.39, 0.29) is 11.7 Å². The van der Waals surface area contributed by atoms with E-state index in [9.17, 15) is 10.1 Å². The van der Waals surface area contributed by atoms with E-state index in [1.54, 1.807) is 11.3 Å². The van der Waals surface area contributed by atoms with Gasteiger partial charge in [0.25, 0.3) is 0 Å². The number of nitrogens with one attached hydrogen (secondary N) is 1. The Morgan fingerprint density at radius 2 is 1.90 bits per heavy atom. The van der Waals surface area contributed by atoms with Crippen LogP contribution in [0.5, 0.6) is 0 Å². The number of hydrogen-bond donors (Lipinski definition) is 1. The van der Waals surface area contributed by atoms with Gasteiger partial charge in [-0.25, -0.2) is 0 Å². The van der Waals surface area contributed by atoms with E-state index < -0.39 is 0 Å². The first-order chi connectivity index (χ1) is 15.2. The van der Waals surface area contributed by atoms with Gasteiger partial charge in [0.05, 0.1) is 11.3 Å². The molecule has 2 fully saturated rings. The van der Waals surface area contributed by atoms with E-state index in [0.717, 1.165) is 73.3 Å². The van der Waals surface area contributed by atoms with E-state index in [0.29, 0.717) is 11.6 Å². The third-order valence-electron chi connectivity index (χ3n) is 6.32. The number of anilines is 2. The van der Waals surface area contributed by atoms with Crippen LogP contribution in [-0.2, 0) is 17.6 Å². The molecule has 9 heteroatoms. The van der Waals surface area contributed by atoms with Crippen molar-refractivity contribution >= 4 is 40.0 Å². The minimum atomic E-state index is -0.0808. The molecule has 2 aliphatic carbocycles. The van der Waals surface area contributed by atoms with Crippen LogP contribution in [0.2, 0.25) is 0 Å². The number of nitrogens with zero attached hydrogens (tertiary/aromatic N) is 5. The van der Waals surface area contributed by atoms with Crippen LogP contribution in [0, 0.1) is 11.3 Å². The van der Waals surface area contributed by atoms with Crippen molar-refractivity contribution < 1.29 is 4.79 Å². The molecule has 0 spiro atoms. The predicted octanol–water partition coefficient (Wildman–Crippen LogP) is 4.54. The number of hydrogen-bond acceptors (Lipinski definition) is 7. The summed E-state index contributed by atoms with van der Waals surface area (Å²) in [5.74, 6) is 1.17. The maximum absolute atomic E-state index is 12.7. The molecule has 5 rings (SSSR count). The zero-order chi connectivity index (χ0) is 21.2. The topological polar surface area (TPSA) is 86.8 Å². The second-order valence-electron chi connectivity index (χ2n) is 8.65. The Morgan fingerprint density at radius 3 is 2.68 bits per heavy atom. The lowest BCUT2D eigenvalue weighted by molar-refractivity contribution is -0.113. The van der Waals surface area contributed by atoms with Gasteiger partial charge in [0.1, 0.15) is 11.1 Å². The maximum atomic E-state index is 12.7. The van der Waals surface area contributed by atoms with Gasteiger partial charge >= 0.3 is 0 Å². The summed E-state index contributed by atoms with van der Waals surface area (Å²) in [5.41, 5.74) is 1.83.